The van der Waals surface area contributed by atoms with Gasteiger partial charge < -0.3 is 4.74 Å². The van der Waals surface area contributed by atoms with E-state index in [1.54, 1.807) is 5.32 Å². The number of ether oxygens (including phenoxy) is 1. The van der Waals surface area contributed by atoms with E-state index in [-0.39, 0.29) is 0 Å². The van der Waals surface area contributed by atoms with Crippen molar-refractivity contribution in [3.8, 4) is 0 Å². The van der Waals surface area contributed by atoms with E-state index >= 15 is 0 Å². The van der Waals surface area contributed by atoms with Crippen LogP contribution in [0.5, 0.6) is 0 Å². The summed E-state index contributed by atoms with van der Waals surface area (Å²) in [6, 6.07) is -0.922. The molecule has 0 spiro atoms. The first-order valence-electron chi connectivity index (χ1n) is 3.51. The third-order valence-corrected chi connectivity index (χ3v) is 2.18. The minimum absolute atomic E-state index is 0.813. The number of amides is 3. The average molecular weight is 269 g/mol. The number of rotatable bonds is 1. The fourth-order valence-corrected chi connectivity index (χ4v) is 1.13. The van der Waals surface area contributed by atoms with E-state index in [4.69, 9.17) is 0 Å². The van der Waals surface area contributed by atoms with Crippen molar-refractivity contribution in [1.29, 1.82) is 0 Å². The number of halogens is 2. The van der Waals surface area contributed by atoms with Crippen LogP contribution in [-0.2, 0) is 14.3 Å². The topological polar surface area (TPSA) is 84.5 Å². The molecule has 78 valence electrons. The van der Waals surface area contributed by atoms with Crippen LogP contribution < -0.4 is 10.6 Å². The van der Waals surface area contributed by atoms with Gasteiger partial charge in [0.05, 0.1) is 0 Å². The highest BCUT2D eigenvalue weighted by molar-refractivity contribution is 9.10. The first-order valence-corrected chi connectivity index (χ1v) is 4.30. The van der Waals surface area contributed by atoms with E-state index in [0.717, 1.165) is 6.92 Å². The maximum Gasteiger partial charge on any atom is 0.324 e. The number of carbonyl (C=O) groups is 3. The molecule has 1 fully saturated rings. The number of hydrogen-bond acceptors (Lipinski definition) is 4. The standard InChI is InChI=1S/C6H6BrFN2O4/c1-2(11)14-4-6(7,8)3(12)9-5(13)10-4/h4H,1H3,(H2,9,10,12,13). The van der Waals surface area contributed by atoms with Crippen molar-refractivity contribution in [2.45, 2.75) is 17.7 Å². The Bertz CT molecular complexity index is 304. The maximum absolute atomic E-state index is 13.5. The van der Waals surface area contributed by atoms with Gasteiger partial charge in [0, 0.05) is 6.92 Å². The van der Waals surface area contributed by atoms with Gasteiger partial charge in [-0.1, -0.05) is 0 Å². The fraction of sp³-hybridized carbons (Fsp3) is 0.500. The third kappa shape index (κ3) is 2.00. The molecule has 0 saturated carbocycles. The zero-order valence-electron chi connectivity index (χ0n) is 6.97. The van der Waals surface area contributed by atoms with Gasteiger partial charge in [0.25, 0.3) is 10.5 Å². The predicted octanol–water partition coefficient (Wildman–Crippen LogP) is -0.224. The molecule has 0 radical (unpaired) electrons. The number of urea groups is 1. The number of imide groups is 1. The van der Waals surface area contributed by atoms with E-state index in [1.165, 1.54) is 0 Å². The van der Waals surface area contributed by atoms with E-state index in [9.17, 15) is 18.8 Å². The van der Waals surface area contributed by atoms with Crippen LogP contribution in [0, 0.1) is 0 Å². The van der Waals surface area contributed by atoms with Gasteiger partial charge in [-0.2, -0.15) is 0 Å². The second-order valence-electron chi connectivity index (χ2n) is 2.54. The molecule has 1 saturated heterocycles. The number of carbonyl (C=O) groups excluding carboxylic acids is 3. The smallest absolute Gasteiger partial charge is 0.324 e. The zero-order valence-corrected chi connectivity index (χ0v) is 8.55. The number of alkyl halides is 2. The zero-order chi connectivity index (χ0) is 10.9. The molecular formula is C6H6BrFN2O4. The molecule has 0 bridgehead atoms. The molecule has 1 aliphatic rings. The van der Waals surface area contributed by atoms with Gasteiger partial charge in [-0.3, -0.25) is 20.2 Å². The second kappa shape index (κ2) is 3.52. The lowest BCUT2D eigenvalue weighted by molar-refractivity contribution is -0.157. The van der Waals surface area contributed by atoms with Crippen molar-refractivity contribution in [2.75, 3.05) is 0 Å². The van der Waals surface area contributed by atoms with Crippen molar-refractivity contribution in [1.82, 2.24) is 10.6 Å². The molecule has 1 heterocycles. The van der Waals surface area contributed by atoms with Crippen LogP contribution in [0.15, 0.2) is 0 Å². The molecule has 0 aromatic heterocycles. The Morgan fingerprint density at radius 3 is 2.71 bits per heavy atom. The number of nitrogens with one attached hydrogen (secondary N) is 2. The van der Waals surface area contributed by atoms with Crippen LogP contribution in [0.1, 0.15) is 6.92 Å². The predicted molar refractivity (Wildman–Crippen MR) is 45.0 cm³/mol. The molecule has 3 amide bonds. The summed E-state index contributed by atoms with van der Waals surface area (Å²) < 4.78 is 15.2. The van der Waals surface area contributed by atoms with Gasteiger partial charge in [0.2, 0.25) is 6.23 Å². The van der Waals surface area contributed by atoms with E-state index < -0.39 is 28.7 Å². The lowest BCUT2D eigenvalue weighted by atomic mass is 10.2. The summed E-state index contributed by atoms with van der Waals surface area (Å²) in [6.45, 7) is 1.03. The van der Waals surface area contributed by atoms with Crippen molar-refractivity contribution < 1.29 is 23.5 Å². The molecule has 6 nitrogen and oxygen atoms in total. The summed E-state index contributed by atoms with van der Waals surface area (Å²) in [5, 5.41) is 3.60. The fourth-order valence-electron chi connectivity index (χ4n) is 0.821. The van der Waals surface area contributed by atoms with Gasteiger partial charge in [0.1, 0.15) is 0 Å². The van der Waals surface area contributed by atoms with Crippen LogP contribution in [0.2, 0.25) is 0 Å². The highest BCUT2D eigenvalue weighted by Crippen LogP contribution is 2.27. The highest BCUT2D eigenvalue weighted by atomic mass is 79.9. The van der Waals surface area contributed by atoms with E-state index in [2.05, 4.69) is 20.7 Å². The summed E-state index contributed by atoms with van der Waals surface area (Å²) in [7, 11) is 0. The van der Waals surface area contributed by atoms with Crippen LogP contribution >= 0.6 is 15.9 Å². The first-order chi connectivity index (χ1) is 6.34. The SMILES string of the molecule is CC(=O)OC1NC(=O)NC(=O)C1(F)Br. The van der Waals surface area contributed by atoms with Gasteiger partial charge in [0.15, 0.2) is 0 Å². The molecule has 2 atom stereocenters. The Balaban J connectivity index is 2.84. The van der Waals surface area contributed by atoms with Gasteiger partial charge in [-0.25, -0.2) is 9.18 Å². The summed E-state index contributed by atoms with van der Waals surface area (Å²) in [5.74, 6) is -2.03. The average Bonchev–Trinajstić information content (AvgIpc) is 1.99. The summed E-state index contributed by atoms with van der Waals surface area (Å²) in [5.41, 5.74) is 0. The quantitative estimate of drug-likeness (QED) is 0.509. The first kappa shape index (κ1) is 10.9. The van der Waals surface area contributed by atoms with Crippen LogP contribution in [-0.4, -0.2) is 28.7 Å². The van der Waals surface area contributed by atoms with Crippen molar-refractivity contribution >= 4 is 33.8 Å². The lowest BCUT2D eigenvalue weighted by Crippen LogP contribution is -2.65. The van der Waals surface area contributed by atoms with Crippen LogP contribution in [0.25, 0.3) is 0 Å². The largest absolute Gasteiger partial charge is 0.437 e. The minimum Gasteiger partial charge on any atom is -0.437 e. The molecule has 1 rings (SSSR count). The van der Waals surface area contributed by atoms with E-state index in [0.29, 0.717) is 0 Å². The van der Waals surface area contributed by atoms with Crippen molar-refractivity contribution in [3.05, 3.63) is 0 Å². The Labute approximate surface area is 86.3 Å². The Kier molecular flexibility index (Phi) is 2.74. The molecule has 0 aromatic rings. The Morgan fingerprint density at radius 1 is 1.64 bits per heavy atom. The summed E-state index contributed by atoms with van der Waals surface area (Å²) >= 11 is 2.41. The molecule has 1 aliphatic heterocycles. The van der Waals surface area contributed by atoms with E-state index in [1.807, 2.05) is 5.32 Å². The third-order valence-electron chi connectivity index (χ3n) is 1.41. The Morgan fingerprint density at radius 2 is 2.21 bits per heavy atom. The highest BCUT2D eigenvalue weighted by Gasteiger charge is 2.51. The molecular weight excluding hydrogens is 263 g/mol. The summed E-state index contributed by atoms with van der Waals surface area (Å²) in [4.78, 5) is 32.2. The van der Waals surface area contributed by atoms with Gasteiger partial charge in [-0.15, -0.1) is 0 Å². The van der Waals surface area contributed by atoms with Gasteiger partial charge >= 0.3 is 12.0 Å². The maximum atomic E-state index is 13.5. The molecule has 2 unspecified atom stereocenters. The van der Waals surface area contributed by atoms with Gasteiger partial charge in [-0.05, 0) is 15.9 Å². The van der Waals surface area contributed by atoms with Crippen LogP contribution in [0.3, 0.4) is 0 Å². The van der Waals surface area contributed by atoms with Crippen LogP contribution in [0.4, 0.5) is 9.18 Å². The number of hydrogen-bond donors (Lipinski definition) is 2. The second-order valence-corrected chi connectivity index (χ2v) is 3.69. The van der Waals surface area contributed by atoms with Crippen molar-refractivity contribution in [2.24, 2.45) is 0 Å². The molecule has 0 aliphatic carbocycles. The minimum atomic E-state index is -2.65. The molecule has 14 heavy (non-hydrogen) atoms. The normalized spacial score (nSPS) is 31.8. The van der Waals surface area contributed by atoms with Crippen molar-refractivity contribution in [3.63, 3.8) is 0 Å². The Hall–Kier alpha value is -1.18. The molecule has 2 N–H and O–H groups in total. The molecule has 8 heteroatoms. The monoisotopic (exact) mass is 268 g/mol. The molecule has 0 aromatic carbocycles. The summed E-state index contributed by atoms with van der Waals surface area (Å²) in [6.07, 6.45) is -1.67. The lowest BCUT2D eigenvalue weighted by Gasteiger charge is -2.31. The number of esters is 1.